The maximum atomic E-state index is 11.2. The van der Waals surface area contributed by atoms with E-state index in [0.717, 1.165) is 17.6 Å². The largest absolute Gasteiger partial charge is 0.412 e. The maximum Gasteiger partial charge on any atom is 0.158 e. The van der Waals surface area contributed by atoms with E-state index in [1.807, 2.05) is 19.9 Å². The summed E-state index contributed by atoms with van der Waals surface area (Å²) in [6, 6.07) is 0. The highest BCUT2D eigenvalue weighted by molar-refractivity contribution is 5.95. The molecule has 0 saturated heterocycles. The Bertz CT molecular complexity index is 226. The molecule has 0 aromatic carbocycles. The zero-order valence-corrected chi connectivity index (χ0v) is 7.68. The second-order valence-corrected chi connectivity index (χ2v) is 3.29. The molecule has 1 aliphatic carbocycles. The molecule has 68 valence electrons. The lowest BCUT2D eigenvalue weighted by molar-refractivity contribution is -0.116. The van der Waals surface area contributed by atoms with E-state index in [1.54, 1.807) is 0 Å². The Labute approximate surface area is 73.3 Å². The van der Waals surface area contributed by atoms with Crippen molar-refractivity contribution in [1.82, 2.24) is 0 Å². The van der Waals surface area contributed by atoms with E-state index >= 15 is 0 Å². The Morgan fingerprint density at radius 1 is 1.67 bits per heavy atom. The Morgan fingerprint density at radius 3 is 2.67 bits per heavy atom. The minimum Gasteiger partial charge on any atom is -0.412 e. The van der Waals surface area contributed by atoms with Crippen LogP contribution < -0.4 is 0 Å². The molecule has 0 bridgehead atoms. The van der Waals surface area contributed by atoms with Crippen LogP contribution >= 0.6 is 0 Å². The fraction of sp³-hybridized carbons (Fsp3) is 0.500. The molecule has 12 heavy (non-hydrogen) atoms. The van der Waals surface area contributed by atoms with Gasteiger partial charge in [-0.2, -0.15) is 0 Å². The molecule has 0 spiro atoms. The first-order chi connectivity index (χ1) is 5.11. The Kier molecular flexibility index (Phi) is 3.90. The predicted octanol–water partition coefficient (Wildman–Crippen LogP) is 1.66. The van der Waals surface area contributed by atoms with Gasteiger partial charge in [0.15, 0.2) is 5.78 Å². The van der Waals surface area contributed by atoms with Crippen LogP contribution in [0.5, 0.6) is 0 Å². The summed E-state index contributed by atoms with van der Waals surface area (Å²) < 4.78 is 0. The Morgan fingerprint density at radius 2 is 2.25 bits per heavy atom. The zero-order valence-electron chi connectivity index (χ0n) is 7.68. The van der Waals surface area contributed by atoms with Gasteiger partial charge in [0.2, 0.25) is 0 Å². The number of rotatable bonds is 1. The van der Waals surface area contributed by atoms with Crippen molar-refractivity contribution in [2.24, 2.45) is 5.92 Å². The van der Waals surface area contributed by atoms with E-state index < -0.39 is 0 Å². The van der Waals surface area contributed by atoms with Gasteiger partial charge in [0.05, 0.1) is 0 Å². The topological polar surface area (TPSA) is 48.6 Å². The number of hydrogen-bond donors (Lipinski definition) is 0. The van der Waals surface area contributed by atoms with Crippen LogP contribution in [-0.2, 0) is 4.79 Å². The predicted molar refractivity (Wildman–Crippen MR) is 49.9 cm³/mol. The summed E-state index contributed by atoms with van der Waals surface area (Å²) in [5.41, 5.74) is 2.05. The number of Topliss-reactive ketones (excluding diaryl/α,β-unsaturated/α-hetero) is 1. The van der Waals surface area contributed by atoms with Crippen LogP contribution in [0, 0.1) is 5.92 Å². The van der Waals surface area contributed by atoms with E-state index in [-0.39, 0.29) is 11.3 Å². The summed E-state index contributed by atoms with van der Waals surface area (Å²) in [5.74, 6) is 0.676. The lowest BCUT2D eigenvalue weighted by Gasteiger charge is -2.18. The van der Waals surface area contributed by atoms with Crippen LogP contribution in [0.25, 0.3) is 0 Å². The highest BCUT2D eigenvalue weighted by Gasteiger charge is 2.18. The highest BCUT2D eigenvalue weighted by Crippen LogP contribution is 2.25. The summed E-state index contributed by atoms with van der Waals surface area (Å²) in [6.45, 7) is 7.74. The smallest absolute Gasteiger partial charge is 0.158 e. The molecule has 0 amide bonds. The van der Waals surface area contributed by atoms with Crippen LogP contribution in [0.15, 0.2) is 23.8 Å². The van der Waals surface area contributed by atoms with Gasteiger partial charge in [-0.25, -0.2) is 0 Å². The van der Waals surface area contributed by atoms with Crippen LogP contribution in [0.3, 0.4) is 0 Å². The van der Waals surface area contributed by atoms with Crippen molar-refractivity contribution in [1.29, 1.82) is 0 Å². The van der Waals surface area contributed by atoms with E-state index in [4.69, 9.17) is 0 Å². The van der Waals surface area contributed by atoms with Gasteiger partial charge in [-0.1, -0.05) is 18.2 Å². The van der Waals surface area contributed by atoms with Crippen LogP contribution in [0.1, 0.15) is 26.7 Å². The summed E-state index contributed by atoms with van der Waals surface area (Å²) >= 11 is 0. The molecule has 0 aliphatic heterocycles. The molecular weight excluding hydrogens is 152 g/mol. The average molecular weight is 168 g/mol. The second kappa shape index (κ2) is 4.21. The van der Waals surface area contributed by atoms with Gasteiger partial charge in [0.1, 0.15) is 0 Å². The first-order valence-electron chi connectivity index (χ1n) is 3.96. The van der Waals surface area contributed by atoms with Gasteiger partial charge in [-0.3, -0.25) is 4.79 Å². The summed E-state index contributed by atoms with van der Waals surface area (Å²) in [7, 11) is 0. The van der Waals surface area contributed by atoms with E-state index in [1.165, 1.54) is 0 Å². The first kappa shape index (κ1) is 11.1. The van der Waals surface area contributed by atoms with Crippen LogP contribution in [0.4, 0.5) is 0 Å². The molecule has 0 heterocycles. The minimum absolute atomic E-state index is 0. The molecule has 1 rings (SSSR count). The fourth-order valence-corrected chi connectivity index (χ4v) is 1.28. The Balaban J connectivity index is 0.00000121. The highest BCUT2D eigenvalue weighted by atomic mass is 16.1. The summed E-state index contributed by atoms with van der Waals surface area (Å²) in [5, 5.41) is 0. The van der Waals surface area contributed by atoms with Crippen molar-refractivity contribution in [2.75, 3.05) is 0 Å². The third-order valence-electron chi connectivity index (χ3n) is 2.28. The van der Waals surface area contributed by atoms with Crippen LogP contribution in [0.2, 0.25) is 0 Å². The van der Waals surface area contributed by atoms with Gasteiger partial charge in [0, 0.05) is 6.42 Å². The normalized spacial score (nSPS) is 22.7. The third-order valence-corrected chi connectivity index (χ3v) is 2.28. The molecule has 1 atom stereocenters. The number of ketones is 1. The quantitative estimate of drug-likeness (QED) is 0.549. The molecular formula is C10H16O2. The molecule has 2 N–H and O–H groups in total. The molecule has 0 unspecified atom stereocenters. The molecule has 0 saturated carbocycles. The number of carbonyl (C=O) groups excluding carboxylic acids is 1. The fourth-order valence-electron chi connectivity index (χ4n) is 1.28. The monoisotopic (exact) mass is 168 g/mol. The minimum atomic E-state index is 0. The van der Waals surface area contributed by atoms with Crippen LogP contribution in [-0.4, -0.2) is 11.3 Å². The van der Waals surface area contributed by atoms with Crippen molar-refractivity contribution in [3.05, 3.63) is 23.8 Å². The molecule has 2 heteroatoms. The number of hydrogen-bond acceptors (Lipinski definition) is 1. The number of carbonyl (C=O) groups is 1. The molecule has 1 aliphatic rings. The molecule has 0 radical (unpaired) electrons. The van der Waals surface area contributed by atoms with E-state index in [0.29, 0.717) is 12.3 Å². The SMILES string of the molecule is C=C(C)[C@H]1CC=C(C)C(=O)C1.O. The second-order valence-electron chi connectivity index (χ2n) is 3.29. The van der Waals surface area contributed by atoms with Crippen molar-refractivity contribution in [2.45, 2.75) is 26.7 Å². The van der Waals surface area contributed by atoms with Crippen molar-refractivity contribution >= 4 is 5.78 Å². The molecule has 0 fully saturated rings. The first-order valence-corrected chi connectivity index (χ1v) is 3.96. The molecule has 0 aromatic rings. The zero-order chi connectivity index (χ0) is 8.43. The van der Waals surface area contributed by atoms with Gasteiger partial charge in [-0.05, 0) is 31.8 Å². The summed E-state index contributed by atoms with van der Waals surface area (Å²) in [4.78, 5) is 11.2. The average Bonchev–Trinajstić information content (AvgIpc) is 1.94. The van der Waals surface area contributed by atoms with Crippen molar-refractivity contribution < 1.29 is 10.3 Å². The lowest BCUT2D eigenvalue weighted by atomic mass is 9.85. The van der Waals surface area contributed by atoms with Crippen molar-refractivity contribution in [3.8, 4) is 0 Å². The van der Waals surface area contributed by atoms with E-state index in [9.17, 15) is 4.79 Å². The standard InChI is InChI=1S/C10H14O.H2O/c1-7(2)9-5-4-8(3)10(11)6-9;/h4,9H,1,5-6H2,2-3H3;1H2/t9-;/m0./s1. The Hall–Kier alpha value is -0.890. The van der Waals surface area contributed by atoms with Crippen molar-refractivity contribution in [3.63, 3.8) is 0 Å². The third kappa shape index (κ3) is 2.31. The van der Waals surface area contributed by atoms with E-state index in [2.05, 4.69) is 6.58 Å². The maximum absolute atomic E-state index is 11.2. The van der Waals surface area contributed by atoms with Gasteiger partial charge >= 0.3 is 0 Å². The van der Waals surface area contributed by atoms with Gasteiger partial charge < -0.3 is 5.48 Å². The summed E-state index contributed by atoms with van der Waals surface area (Å²) in [6.07, 6.45) is 3.68. The molecule has 2 nitrogen and oxygen atoms in total. The number of allylic oxidation sites excluding steroid dienone is 3. The lowest BCUT2D eigenvalue weighted by Crippen LogP contribution is -2.14. The van der Waals surface area contributed by atoms with Gasteiger partial charge in [-0.15, -0.1) is 0 Å². The van der Waals surface area contributed by atoms with Gasteiger partial charge in [0.25, 0.3) is 0 Å². The molecule has 0 aromatic heterocycles.